The van der Waals surface area contributed by atoms with Gasteiger partial charge in [-0.25, -0.2) is 4.79 Å². The van der Waals surface area contributed by atoms with Gasteiger partial charge in [0.05, 0.1) is 0 Å². The lowest BCUT2D eigenvalue weighted by atomic mass is 9.89. The molecule has 0 bridgehead atoms. The SMILES string of the molecule is CCC(CCc1cc(C)c2oc(C(=O)O)cc2c1)c1ccc(O)c(C)c1. The van der Waals surface area contributed by atoms with Crippen molar-refractivity contribution in [3.63, 3.8) is 0 Å². The van der Waals surface area contributed by atoms with Crippen molar-refractivity contribution in [2.45, 2.75) is 46.0 Å². The quantitative estimate of drug-likeness (QED) is 0.607. The third-order valence-corrected chi connectivity index (χ3v) is 5.04. The van der Waals surface area contributed by atoms with Gasteiger partial charge >= 0.3 is 5.97 Å². The molecular weight excluding hydrogens is 328 g/mol. The fourth-order valence-electron chi connectivity index (χ4n) is 3.54. The standard InChI is InChI=1S/C22H24O4/c1-4-16(17-7-8-19(23)13(2)10-17)6-5-15-9-14(3)21-18(11-15)12-20(26-21)22(24)25/h7-12,16,23H,4-6H2,1-3H3,(H,24,25). The number of carbonyl (C=O) groups is 1. The van der Waals surface area contributed by atoms with E-state index >= 15 is 0 Å². The molecule has 4 nitrogen and oxygen atoms in total. The van der Waals surface area contributed by atoms with Crippen LogP contribution in [0, 0.1) is 13.8 Å². The van der Waals surface area contributed by atoms with Gasteiger partial charge in [0.15, 0.2) is 0 Å². The Morgan fingerprint density at radius 2 is 1.88 bits per heavy atom. The summed E-state index contributed by atoms with van der Waals surface area (Å²) in [6.07, 6.45) is 2.93. The lowest BCUT2D eigenvalue weighted by Crippen LogP contribution is -2.00. The van der Waals surface area contributed by atoms with Crippen molar-refractivity contribution in [3.05, 3.63) is 64.4 Å². The summed E-state index contributed by atoms with van der Waals surface area (Å²) in [5.74, 6) is -0.315. The topological polar surface area (TPSA) is 70.7 Å². The van der Waals surface area contributed by atoms with E-state index in [0.717, 1.165) is 35.8 Å². The minimum absolute atomic E-state index is 0.0220. The maximum Gasteiger partial charge on any atom is 0.371 e. The molecule has 0 aliphatic rings. The number of hydrogen-bond donors (Lipinski definition) is 2. The Morgan fingerprint density at radius 3 is 2.54 bits per heavy atom. The molecule has 26 heavy (non-hydrogen) atoms. The summed E-state index contributed by atoms with van der Waals surface area (Å²) in [5, 5.41) is 19.7. The number of hydrogen-bond acceptors (Lipinski definition) is 3. The number of phenolic OH excluding ortho intramolecular Hbond substituents is 1. The van der Waals surface area contributed by atoms with E-state index in [2.05, 4.69) is 19.1 Å². The number of aryl methyl sites for hydroxylation is 3. The van der Waals surface area contributed by atoms with Crippen LogP contribution in [0.25, 0.3) is 11.0 Å². The number of aromatic carboxylic acids is 1. The van der Waals surface area contributed by atoms with Crippen molar-refractivity contribution < 1.29 is 19.4 Å². The lowest BCUT2D eigenvalue weighted by molar-refractivity contribution is 0.0665. The maximum absolute atomic E-state index is 11.1. The Morgan fingerprint density at radius 1 is 1.12 bits per heavy atom. The molecule has 1 heterocycles. The first-order valence-electron chi connectivity index (χ1n) is 8.95. The number of furan rings is 1. The Labute approximate surface area is 153 Å². The van der Waals surface area contributed by atoms with Crippen LogP contribution in [-0.2, 0) is 6.42 Å². The zero-order valence-electron chi connectivity index (χ0n) is 15.4. The molecule has 1 unspecified atom stereocenters. The second-order valence-corrected chi connectivity index (χ2v) is 6.94. The smallest absolute Gasteiger partial charge is 0.371 e. The van der Waals surface area contributed by atoms with Gasteiger partial charge in [0.1, 0.15) is 11.3 Å². The van der Waals surface area contributed by atoms with Crippen molar-refractivity contribution in [2.24, 2.45) is 0 Å². The van der Waals surface area contributed by atoms with Crippen LogP contribution >= 0.6 is 0 Å². The van der Waals surface area contributed by atoms with Gasteiger partial charge in [-0.05, 0) is 79.5 Å². The van der Waals surface area contributed by atoms with E-state index in [4.69, 9.17) is 9.52 Å². The van der Waals surface area contributed by atoms with Crippen molar-refractivity contribution >= 4 is 16.9 Å². The Bertz CT molecular complexity index is 952. The van der Waals surface area contributed by atoms with E-state index in [9.17, 15) is 9.90 Å². The number of rotatable bonds is 6. The number of phenols is 1. The zero-order chi connectivity index (χ0) is 18.8. The van der Waals surface area contributed by atoms with E-state index in [1.807, 2.05) is 26.0 Å². The highest BCUT2D eigenvalue weighted by Gasteiger charge is 2.15. The Balaban J connectivity index is 1.81. The first-order chi connectivity index (χ1) is 12.4. The number of aromatic hydroxyl groups is 1. The lowest BCUT2D eigenvalue weighted by Gasteiger charge is -2.16. The van der Waals surface area contributed by atoms with Gasteiger partial charge in [-0.3, -0.25) is 0 Å². The summed E-state index contributed by atoms with van der Waals surface area (Å²) >= 11 is 0. The van der Waals surface area contributed by atoms with Crippen LogP contribution in [0.3, 0.4) is 0 Å². The summed E-state index contributed by atoms with van der Waals surface area (Å²) in [6, 6.07) is 11.5. The van der Waals surface area contributed by atoms with Gasteiger partial charge < -0.3 is 14.6 Å². The minimum Gasteiger partial charge on any atom is -0.508 e. The molecule has 2 aromatic carbocycles. The summed E-state index contributed by atoms with van der Waals surface area (Å²) in [6.45, 7) is 6.04. The van der Waals surface area contributed by atoms with Crippen LogP contribution in [0.1, 0.15) is 58.5 Å². The Hall–Kier alpha value is -2.75. The van der Waals surface area contributed by atoms with Crippen molar-refractivity contribution in [2.75, 3.05) is 0 Å². The zero-order valence-corrected chi connectivity index (χ0v) is 15.4. The molecule has 0 spiro atoms. The third-order valence-electron chi connectivity index (χ3n) is 5.04. The van der Waals surface area contributed by atoms with Crippen LogP contribution in [0.4, 0.5) is 0 Å². The summed E-state index contributed by atoms with van der Waals surface area (Å²) in [4.78, 5) is 11.1. The highest BCUT2D eigenvalue weighted by Crippen LogP contribution is 2.30. The minimum atomic E-state index is -1.05. The fourth-order valence-corrected chi connectivity index (χ4v) is 3.54. The predicted molar refractivity (Wildman–Crippen MR) is 102 cm³/mol. The highest BCUT2D eigenvalue weighted by molar-refractivity contribution is 5.92. The number of carboxylic acid groups (broad SMARTS) is 1. The second kappa shape index (κ2) is 7.24. The molecule has 0 saturated carbocycles. The average molecular weight is 352 g/mol. The van der Waals surface area contributed by atoms with Crippen LogP contribution in [0.5, 0.6) is 5.75 Å². The summed E-state index contributed by atoms with van der Waals surface area (Å²) in [7, 11) is 0. The van der Waals surface area contributed by atoms with E-state index in [1.54, 1.807) is 12.1 Å². The summed E-state index contributed by atoms with van der Waals surface area (Å²) in [5.41, 5.74) is 4.93. The molecule has 1 aromatic heterocycles. The molecule has 136 valence electrons. The second-order valence-electron chi connectivity index (χ2n) is 6.94. The van der Waals surface area contributed by atoms with Crippen LogP contribution in [0.2, 0.25) is 0 Å². The molecule has 0 saturated heterocycles. The maximum atomic E-state index is 11.1. The first-order valence-corrected chi connectivity index (χ1v) is 8.95. The van der Waals surface area contributed by atoms with E-state index < -0.39 is 5.97 Å². The molecule has 0 radical (unpaired) electrons. The van der Waals surface area contributed by atoms with Crippen LogP contribution < -0.4 is 0 Å². The highest BCUT2D eigenvalue weighted by atomic mass is 16.4. The van der Waals surface area contributed by atoms with Crippen molar-refractivity contribution in [1.82, 2.24) is 0 Å². The molecule has 2 N–H and O–H groups in total. The van der Waals surface area contributed by atoms with E-state index in [-0.39, 0.29) is 5.76 Å². The molecule has 3 aromatic rings. The predicted octanol–water partition coefficient (Wildman–Crippen LogP) is 5.58. The molecule has 0 aliphatic carbocycles. The number of fused-ring (bicyclic) bond motifs is 1. The van der Waals surface area contributed by atoms with E-state index in [0.29, 0.717) is 17.3 Å². The van der Waals surface area contributed by atoms with Gasteiger partial charge in [0.2, 0.25) is 5.76 Å². The van der Waals surface area contributed by atoms with Crippen molar-refractivity contribution in [3.8, 4) is 5.75 Å². The van der Waals surface area contributed by atoms with Crippen LogP contribution in [0.15, 0.2) is 40.8 Å². The molecule has 0 amide bonds. The van der Waals surface area contributed by atoms with Crippen molar-refractivity contribution in [1.29, 1.82) is 0 Å². The monoisotopic (exact) mass is 352 g/mol. The third kappa shape index (κ3) is 3.59. The van der Waals surface area contributed by atoms with Gasteiger partial charge in [-0.2, -0.15) is 0 Å². The van der Waals surface area contributed by atoms with Crippen LogP contribution in [-0.4, -0.2) is 16.2 Å². The molecular formula is C22H24O4. The number of carboxylic acids is 1. The molecule has 4 heteroatoms. The van der Waals surface area contributed by atoms with Gasteiger partial charge in [-0.15, -0.1) is 0 Å². The van der Waals surface area contributed by atoms with Gasteiger partial charge in [0, 0.05) is 5.39 Å². The van der Waals surface area contributed by atoms with Gasteiger partial charge in [-0.1, -0.05) is 25.1 Å². The molecule has 3 rings (SSSR count). The van der Waals surface area contributed by atoms with Gasteiger partial charge in [0.25, 0.3) is 0 Å². The summed E-state index contributed by atoms with van der Waals surface area (Å²) < 4.78 is 5.43. The first kappa shape index (κ1) is 18.1. The normalized spacial score (nSPS) is 12.4. The molecule has 0 aliphatic heterocycles. The fraction of sp³-hybridized carbons (Fsp3) is 0.318. The Kier molecular flexibility index (Phi) is 5.03. The van der Waals surface area contributed by atoms with E-state index in [1.165, 1.54) is 11.1 Å². The average Bonchev–Trinajstić information content (AvgIpc) is 3.03. The number of benzene rings is 2. The largest absolute Gasteiger partial charge is 0.508 e. The molecule has 0 fully saturated rings. The molecule has 1 atom stereocenters.